The second-order valence-electron chi connectivity index (χ2n) is 5.22. The van der Waals surface area contributed by atoms with Gasteiger partial charge in [0.25, 0.3) is 5.91 Å². The molecule has 0 aliphatic carbocycles. The molecule has 0 atom stereocenters. The van der Waals surface area contributed by atoms with E-state index >= 15 is 0 Å². The fraction of sp³-hybridized carbons (Fsp3) is 0.235. The van der Waals surface area contributed by atoms with Gasteiger partial charge in [0.05, 0.1) is 11.3 Å². The molecule has 2 N–H and O–H groups in total. The predicted octanol–water partition coefficient (Wildman–Crippen LogP) is 2.40. The van der Waals surface area contributed by atoms with Crippen LogP contribution in [0.25, 0.3) is 10.6 Å². The van der Waals surface area contributed by atoms with Crippen molar-refractivity contribution in [3.8, 4) is 10.6 Å². The van der Waals surface area contributed by atoms with Gasteiger partial charge in [0.15, 0.2) is 0 Å². The molecule has 3 heterocycles. The van der Waals surface area contributed by atoms with Crippen LogP contribution in [0.2, 0.25) is 0 Å². The molecule has 0 saturated heterocycles. The summed E-state index contributed by atoms with van der Waals surface area (Å²) in [5.74, 6) is 0.329. The van der Waals surface area contributed by atoms with E-state index in [-0.39, 0.29) is 5.91 Å². The van der Waals surface area contributed by atoms with Crippen molar-refractivity contribution in [2.24, 2.45) is 0 Å². The lowest BCUT2D eigenvalue weighted by Gasteiger charge is -2.05. The summed E-state index contributed by atoms with van der Waals surface area (Å²) in [5, 5.41) is 8.78. The Bertz CT molecular complexity index is 819. The van der Waals surface area contributed by atoms with Crippen LogP contribution in [-0.2, 0) is 6.42 Å². The molecule has 128 valence electrons. The third-order valence-corrected chi connectivity index (χ3v) is 4.32. The van der Waals surface area contributed by atoms with Crippen LogP contribution >= 0.6 is 11.3 Å². The van der Waals surface area contributed by atoms with Gasteiger partial charge in [0.1, 0.15) is 5.01 Å². The maximum Gasteiger partial charge on any atom is 0.254 e. The van der Waals surface area contributed by atoms with Crippen molar-refractivity contribution in [2.45, 2.75) is 13.3 Å². The van der Waals surface area contributed by atoms with E-state index in [1.165, 1.54) is 12.4 Å². The van der Waals surface area contributed by atoms with E-state index in [1.54, 1.807) is 23.7 Å². The molecule has 0 bridgehead atoms. The Morgan fingerprint density at radius 2 is 2.08 bits per heavy atom. The van der Waals surface area contributed by atoms with E-state index in [2.05, 4.69) is 30.6 Å². The molecule has 0 unspecified atom stereocenters. The molecular weight excluding hydrogens is 336 g/mol. The van der Waals surface area contributed by atoms with Crippen LogP contribution in [0.3, 0.4) is 0 Å². The quantitative estimate of drug-likeness (QED) is 0.677. The van der Waals surface area contributed by atoms with Crippen molar-refractivity contribution < 1.29 is 4.79 Å². The van der Waals surface area contributed by atoms with Gasteiger partial charge in [-0.1, -0.05) is 0 Å². The molecule has 0 spiro atoms. The van der Waals surface area contributed by atoms with Crippen LogP contribution in [0.4, 0.5) is 5.95 Å². The number of aromatic nitrogens is 4. The average Bonchev–Trinajstić information content (AvgIpc) is 3.12. The molecule has 0 aliphatic rings. The maximum atomic E-state index is 12.1. The molecule has 0 radical (unpaired) electrons. The number of carbonyl (C=O) groups excluding carboxylic acids is 1. The number of carbonyl (C=O) groups is 1. The van der Waals surface area contributed by atoms with Crippen LogP contribution in [0, 0.1) is 0 Å². The number of nitrogens with zero attached hydrogens (tertiary/aromatic N) is 4. The first-order valence-corrected chi connectivity index (χ1v) is 8.83. The first kappa shape index (κ1) is 17.0. The lowest BCUT2D eigenvalue weighted by atomic mass is 10.3. The van der Waals surface area contributed by atoms with Crippen molar-refractivity contribution >= 4 is 23.2 Å². The topological polar surface area (TPSA) is 92.7 Å². The third kappa shape index (κ3) is 4.57. The monoisotopic (exact) mass is 354 g/mol. The third-order valence-electron chi connectivity index (χ3n) is 3.38. The van der Waals surface area contributed by atoms with Crippen LogP contribution in [0.1, 0.15) is 23.0 Å². The van der Waals surface area contributed by atoms with Gasteiger partial charge in [-0.3, -0.25) is 9.78 Å². The van der Waals surface area contributed by atoms with E-state index in [0.717, 1.165) is 22.8 Å². The van der Waals surface area contributed by atoms with Gasteiger partial charge in [0, 0.05) is 55.2 Å². The van der Waals surface area contributed by atoms with Gasteiger partial charge >= 0.3 is 0 Å². The summed E-state index contributed by atoms with van der Waals surface area (Å²) < 4.78 is 0. The first-order valence-electron chi connectivity index (χ1n) is 7.95. The van der Waals surface area contributed by atoms with E-state index in [9.17, 15) is 4.79 Å². The fourth-order valence-corrected chi connectivity index (χ4v) is 2.99. The van der Waals surface area contributed by atoms with Gasteiger partial charge < -0.3 is 10.6 Å². The Labute approximate surface area is 149 Å². The number of hydrogen-bond acceptors (Lipinski definition) is 7. The molecule has 25 heavy (non-hydrogen) atoms. The van der Waals surface area contributed by atoms with Crippen molar-refractivity contribution in [1.82, 2.24) is 25.3 Å². The summed E-state index contributed by atoms with van der Waals surface area (Å²) in [6.07, 6.45) is 7.23. The lowest BCUT2D eigenvalue weighted by Crippen LogP contribution is -2.26. The van der Waals surface area contributed by atoms with E-state index in [4.69, 9.17) is 0 Å². The minimum absolute atomic E-state index is 0.189. The Morgan fingerprint density at radius 3 is 2.80 bits per heavy atom. The van der Waals surface area contributed by atoms with E-state index in [1.807, 2.05) is 24.4 Å². The summed E-state index contributed by atoms with van der Waals surface area (Å²) >= 11 is 1.57. The summed E-state index contributed by atoms with van der Waals surface area (Å²) in [4.78, 5) is 29.0. The minimum Gasteiger partial charge on any atom is -0.355 e. The highest BCUT2D eigenvalue weighted by Crippen LogP contribution is 2.22. The molecule has 1 amide bonds. The number of anilines is 1. The molecule has 3 rings (SSSR count). The van der Waals surface area contributed by atoms with Crippen molar-refractivity contribution in [1.29, 1.82) is 0 Å². The fourth-order valence-electron chi connectivity index (χ4n) is 2.14. The molecule has 8 heteroatoms. The van der Waals surface area contributed by atoms with Crippen molar-refractivity contribution in [3.05, 3.63) is 53.6 Å². The minimum atomic E-state index is -0.189. The van der Waals surface area contributed by atoms with Crippen molar-refractivity contribution in [2.75, 3.05) is 18.4 Å². The highest BCUT2D eigenvalue weighted by molar-refractivity contribution is 7.13. The second-order valence-corrected chi connectivity index (χ2v) is 6.08. The Morgan fingerprint density at radius 1 is 1.24 bits per heavy atom. The van der Waals surface area contributed by atoms with Gasteiger partial charge in [-0.2, -0.15) is 0 Å². The summed E-state index contributed by atoms with van der Waals surface area (Å²) in [6, 6.07) is 3.87. The molecule has 0 fully saturated rings. The zero-order valence-electron chi connectivity index (χ0n) is 13.8. The van der Waals surface area contributed by atoms with E-state index in [0.29, 0.717) is 24.5 Å². The first-order chi connectivity index (χ1) is 12.3. The molecule has 0 saturated carbocycles. The highest BCUT2D eigenvalue weighted by Gasteiger charge is 2.08. The van der Waals surface area contributed by atoms with Gasteiger partial charge in [0.2, 0.25) is 5.95 Å². The standard InChI is InChI=1S/C17H18N6OS/c1-2-19-17-21-9-13(10-22-17)15(24)20-7-5-14-11-25-16(23-14)12-4-3-6-18-8-12/h3-4,6,8-11H,2,5,7H2,1H3,(H,20,24)(H,19,21,22). The molecule has 0 aromatic carbocycles. The summed E-state index contributed by atoms with van der Waals surface area (Å²) in [7, 11) is 0. The van der Waals surface area contributed by atoms with Gasteiger partial charge in [-0.05, 0) is 19.1 Å². The highest BCUT2D eigenvalue weighted by atomic mass is 32.1. The van der Waals surface area contributed by atoms with E-state index < -0.39 is 0 Å². The summed E-state index contributed by atoms with van der Waals surface area (Å²) in [5.41, 5.74) is 2.39. The number of amides is 1. The Balaban J connectivity index is 1.51. The smallest absolute Gasteiger partial charge is 0.254 e. The van der Waals surface area contributed by atoms with Crippen LogP contribution in [0.5, 0.6) is 0 Å². The molecule has 0 aliphatic heterocycles. The Kier molecular flexibility index (Phi) is 5.63. The largest absolute Gasteiger partial charge is 0.355 e. The zero-order chi connectivity index (χ0) is 17.5. The van der Waals surface area contributed by atoms with Crippen LogP contribution in [0.15, 0.2) is 42.3 Å². The molecular formula is C17H18N6OS. The van der Waals surface area contributed by atoms with Crippen LogP contribution in [-0.4, -0.2) is 38.9 Å². The van der Waals surface area contributed by atoms with Gasteiger partial charge in [-0.25, -0.2) is 15.0 Å². The maximum absolute atomic E-state index is 12.1. The number of rotatable bonds is 7. The molecule has 3 aromatic rings. The van der Waals surface area contributed by atoms with Crippen LogP contribution < -0.4 is 10.6 Å². The SMILES string of the molecule is CCNc1ncc(C(=O)NCCc2csc(-c3cccnc3)n2)cn1. The molecule has 3 aromatic heterocycles. The predicted molar refractivity (Wildman–Crippen MR) is 97.6 cm³/mol. The zero-order valence-corrected chi connectivity index (χ0v) is 14.6. The average molecular weight is 354 g/mol. The normalized spacial score (nSPS) is 10.4. The van der Waals surface area contributed by atoms with Gasteiger partial charge in [-0.15, -0.1) is 11.3 Å². The van der Waals surface area contributed by atoms with Crippen molar-refractivity contribution in [3.63, 3.8) is 0 Å². The summed E-state index contributed by atoms with van der Waals surface area (Å²) in [6.45, 7) is 3.20. The lowest BCUT2D eigenvalue weighted by molar-refractivity contribution is 0.0953. The Hall–Kier alpha value is -2.87. The second kappa shape index (κ2) is 8.29. The molecule has 7 nitrogen and oxygen atoms in total. The number of nitrogens with one attached hydrogen (secondary N) is 2. The number of hydrogen-bond donors (Lipinski definition) is 2. The number of pyridine rings is 1. The number of thiazole rings is 1.